The molecular formula is C14H24N2O3. The molecule has 2 aliphatic rings. The number of carboxylic acid groups (broad SMARTS) is 1. The van der Waals surface area contributed by atoms with Crippen LogP contribution in [0.25, 0.3) is 0 Å². The largest absolute Gasteiger partial charge is 0.481 e. The maximum absolute atomic E-state index is 12.2. The Morgan fingerprint density at radius 1 is 1.42 bits per heavy atom. The van der Waals surface area contributed by atoms with Crippen molar-refractivity contribution in [3.63, 3.8) is 0 Å². The summed E-state index contributed by atoms with van der Waals surface area (Å²) in [6.45, 7) is 4.88. The molecule has 1 heterocycles. The lowest BCUT2D eigenvalue weighted by Crippen LogP contribution is -2.57. The maximum Gasteiger partial charge on any atom is 0.305 e. The lowest BCUT2D eigenvalue weighted by atomic mass is 9.92. The number of aliphatic carboxylic acids is 1. The first-order valence-electron chi connectivity index (χ1n) is 7.20. The first-order chi connectivity index (χ1) is 8.92. The van der Waals surface area contributed by atoms with Gasteiger partial charge < -0.3 is 10.4 Å². The van der Waals surface area contributed by atoms with Gasteiger partial charge in [-0.1, -0.05) is 12.8 Å². The molecule has 19 heavy (non-hydrogen) atoms. The summed E-state index contributed by atoms with van der Waals surface area (Å²) in [6.07, 6.45) is 5.27. The molecule has 2 rings (SSSR count). The van der Waals surface area contributed by atoms with Gasteiger partial charge in [0, 0.05) is 18.1 Å². The van der Waals surface area contributed by atoms with Crippen molar-refractivity contribution in [2.24, 2.45) is 0 Å². The Morgan fingerprint density at radius 3 is 2.63 bits per heavy atom. The third-order valence-electron chi connectivity index (χ3n) is 4.46. The normalized spacial score (nSPS) is 28.9. The van der Waals surface area contributed by atoms with E-state index in [1.54, 1.807) is 0 Å². The van der Waals surface area contributed by atoms with Crippen LogP contribution in [0.5, 0.6) is 0 Å². The number of carboxylic acids is 1. The Balaban J connectivity index is 2.29. The molecular weight excluding hydrogens is 244 g/mol. The molecule has 5 nitrogen and oxygen atoms in total. The summed E-state index contributed by atoms with van der Waals surface area (Å²) in [5.74, 6) is -1.03. The molecule has 5 heteroatoms. The summed E-state index contributed by atoms with van der Waals surface area (Å²) in [6, 6.07) is -0.179. The first-order valence-corrected chi connectivity index (χ1v) is 7.20. The highest BCUT2D eigenvalue weighted by molar-refractivity contribution is 5.86. The van der Waals surface area contributed by atoms with E-state index in [9.17, 15) is 9.59 Å². The minimum atomic E-state index is -0.902. The molecule has 0 spiro atoms. The van der Waals surface area contributed by atoms with Gasteiger partial charge in [0.15, 0.2) is 0 Å². The molecule has 2 N–H and O–H groups in total. The molecule has 1 atom stereocenters. The van der Waals surface area contributed by atoms with Crippen LogP contribution < -0.4 is 5.32 Å². The fourth-order valence-corrected chi connectivity index (χ4v) is 3.57. The van der Waals surface area contributed by atoms with E-state index in [0.717, 1.165) is 19.3 Å². The van der Waals surface area contributed by atoms with Gasteiger partial charge in [-0.2, -0.15) is 0 Å². The van der Waals surface area contributed by atoms with Gasteiger partial charge in [-0.3, -0.25) is 14.5 Å². The average molecular weight is 268 g/mol. The fraction of sp³-hybridized carbons (Fsp3) is 0.857. The number of carbonyl (C=O) groups excluding carboxylic acids is 1. The fourth-order valence-electron chi connectivity index (χ4n) is 3.57. The average Bonchev–Trinajstić information content (AvgIpc) is 2.76. The van der Waals surface area contributed by atoms with Crippen LogP contribution in [0.15, 0.2) is 0 Å². The third kappa shape index (κ3) is 3.08. The lowest BCUT2D eigenvalue weighted by Gasteiger charge is -2.44. The van der Waals surface area contributed by atoms with Crippen molar-refractivity contribution in [2.45, 2.75) is 70.0 Å². The van der Waals surface area contributed by atoms with Gasteiger partial charge in [-0.05, 0) is 33.1 Å². The van der Waals surface area contributed by atoms with E-state index in [4.69, 9.17) is 5.11 Å². The Bertz CT molecular complexity index is 362. The minimum absolute atomic E-state index is 0.105. The molecule has 0 aromatic carbocycles. The first kappa shape index (κ1) is 14.3. The van der Waals surface area contributed by atoms with E-state index in [1.165, 1.54) is 12.8 Å². The highest BCUT2D eigenvalue weighted by Gasteiger charge is 2.44. The van der Waals surface area contributed by atoms with Gasteiger partial charge in [0.25, 0.3) is 0 Å². The van der Waals surface area contributed by atoms with Crippen molar-refractivity contribution in [1.82, 2.24) is 10.2 Å². The molecule has 0 bridgehead atoms. The smallest absolute Gasteiger partial charge is 0.305 e. The number of hydrogen-bond acceptors (Lipinski definition) is 3. The molecule has 0 aromatic rings. The molecule has 1 saturated carbocycles. The zero-order valence-corrected chi connectivity index (χ0v) is 11.8. The van der Waals surface area contributed by atoms with Gasteiger partial charge in [-0.15, -0.1) is 0 Å². The quantitative estimate of drug-likeness (QED) is 0.811. The van der Waals surface area contributed by atoms with Gasteiger partial charge in [-0.25, -0.2) is 0 Å². The Kier molecular flexibility index (Phi) is 4.13. The Labute approximate surface area is 114 Å². The SMILES string of the molecule is CC1(C)CCNC(=O)C(CC(=O)O)N1C1CCCC1. The number of nitrogens with one attached hydrogen (secondary N) is 1. The van der Waals surface area contributed by atoms with Crippen LogP contribution in [-0.2, 0) is 9.59 Å². The summed E-state index contributed by atoms with van der Waals surface area (Å²) < 4.78 is 0. The van der Waals surface area contributed by atoms with E-state index >= 15 is 0 Å². The van der Waals surface area contributed by atoms with Crippen molar-refractivity contribution < 1.29 is 14.7 Å². The van der Waals surface area contributed by atoms with Crippen LogP contribution in [-0.4, -0.2) is 46.1 Å². The predicted molar refractivity (Wildman–Crippen MR) is 71.8 cm³/mol. The Hall–Kier alpha value is -1.10. The van der Waals surface area contributed by atoms with Gasteiger partial charge in [0.05, 0.1) is 6.42 Å². The highest BCUT2D eigenvalue weighted by atomic mass is 16.4. The van der Waals surface area contributed by atoms with Crippen molar-refractivity contribution >= 4 is 11.9 Å². The monoisotopic (exact) mass is 268 g/mol. The predicted octanol–water partition coefficient (Wildman–Crippen LogP) is 1.37. The molecule has 1 saturated heterocycles. The summed E-state index contributed by atoms with van der Waals surface area (Å²) in [4.78, 5) is 25.5. The van der Waals surface area contributed by atoms with Gasteiger partial charge in [0.1, 0.15) is 6.04 Å². The molecule has 1 aliphatic heterocycles. The minimum Gasteiger partial charge on any atom is -0.481 e. The standard InChI is InChI=1S/C14H24N2O3/c1-14(2)7-8-15-13(19)11(9-12(17)18)16(14)10-5-3-4-6-10/h10-11H,3-9H2,1-2H3,(H,15,19)(H,17,18). The topological polar surface area (TPSA) is 69.6 Å². The van der Waals surface area contributed by atoms with E-state index < -0.39 is 12.0 Å². The van der Waals surface area contributed by atoms with E-state index in [2.05, 4.69) is 24.1 Å². The van der Waals surface area contributed by atoms with Crippen molar-refractivity contribution in [2.75, 3.05) is 6.54 Å². The van der Waals surface area contributed by atoms with Crippen LogP contribution >= 0.6 is 0 Å². The summed E-state index contributed by atoms with van der Waals surface area (Å²) in [7, 11) is 0. The van der Waals surface area contributed by atoms with Gasteiger partial charge >= 0.3 is 5.97 Å². The summed E-state index contributed by atoms with van der Waals surface area (Å²) in [5, 5.41) is 12.0. The van der Waals surface area contributed by atoms with Crippen LogP contribution in [0.1, 0.15) is 52.4 Å². The number of rotatable bonds is 3. The van der Waals surface area contributed by atoms with Gasteiger partial charge in [0.2, 0.25) is 5.91 Å². The Morgan fingerprint density at radius 2 is 2.05 bits per heavy atom. The van der Waals surface area contributed by atoms with Crippen molar-refractivity contribution in [3.05, 3.63) is 0 Å². The van der Waals surface area contributed by atoms with E-state index in [-0.39, 0.29) is 17.9 Å². The van der Waals surface area contributed by atoms with Crippen LogP contribution in [0.4, 0.5) is 0 Å². The number of hydrogen-bond donors (Lipinski definition) is 2. The summed E-state index contributed by atoms with van der Waals surface area (Å²) in [5.41, 5.74) is -0.131. The maximum atomic E-state index is 12.2. The molecule has 2 fully saturated rings. The van der Waals surface area contributed by atoms with Crippen molar-refractivity contribution in [3.8, 4) is 0 Å². The zero-order chi connectivity index (χ0) is 14.0. The van der Waals surface area contributed by atoms with Crippen molar-refractivity contribution in [1.29, 1.82) is 0 Å². The third-order valence-corrected chi connectivity index (χ3v) is 4.46. The summed E-state index contributed by atoms with van der Waals surface area (Å²) >= 11 is 0. The van der Waals surface area contributed by atoms with E-state index in [1.807, 2.05) is 0 Å². The molecule has 1 aliphatic carbocycles. The molecule has 108 valence electrons. The second-order valence-electron chi connectivity index (χ2n) is 6.31. The lowest BCUT2D eigenvalue weighted by molar-refractivity contribution is -0.143. The van der Waals surface area contributed by atoms with Crippen LogP contribution in [0.3, 0.4) is 0 Å². The molecule has 0 radical (unpaired) electrons. The highest BCUT2D eigenvalue weighted by Crippen LogP contribution is 2.34. The zero-order valence-electron chi connectivity index (χ0n) is 11.8. The number of amides is 1. The molecule has 1 amide bonds. The second kappa shape index (κ2) is 5.49. The number of nitrogens with zero attached hydrogens (tertiary/aromatic N) is 1. The van der Waals surface area contributed by atoms with Crippen LogP contribution in [0, 0.1) is 0 Å². The second-order valence-corrected chi connectivity index (χ2v) is 6.31. The number of carbonyl (C=O) groups is 2. The van der Waals surface area contributed by atoms with Crippen LogP contribution in [0.2, 0.25) is 0 Å². The molecule has 0 aromatic heterocycles. The van der Waals surface area contributed by atoms with E-state index in [0.29, 0.717) is 12.6 Å². The molecule has 1 unspecified atom stereocenters.